The summed E-state index contributed by atoms with van der Waals surface area (Å²) in [5.74, 6) is -0.112. The summed E-state index contributed by atoms with van der Waals surface area (Å²) in [5.41, 5.74) is 1.53. The Hall–Kier alpha value is -1.14. The summed E-state index contributed by atoms with van der Waals surface area (Å²) in [4.78, 5) is 20.4. The van der Waals surface area contributed by atoms with Crippen LogP contribution >= 0.6 is 27.3 Å². The fourth-order valence-electron chi connectivity index (χ4n) is 1.79. The summed E-state index contributed by atoms with van der Waals surface area (Å²) in [6, 6.07) is 1.72. The number of halogens is 1. The van der Waals surface area contributed by atoms with Gasteiger partial charge in [-0.25, -0.2) is 4.98 Å². The van der Waals surface area contributed by atoms with Crippen LogP contribution in [-0.2, 0) is 0 Å². The minimum Gasteiger partial charge on any atom is -0.356 e. The molecule has 4 nitrogen and oxygen atoms in total. The van der Waals surface area contributed by atoms with Crippen LogP contribution in [-0.4, -0.2) is 15.9 Å². The molecule has 2 heterocycles. The summed E-state index contributed by atoms with van der Waals surface area (Å²) < 4.78 is 0.866. The van der Waals surface area contributed by atoms with Crippen LogP contribution in [0.25, 0.3) is 0 Å². The summed E-state index contributed by atoms with van der Waals surface area (Å²) in [6.45, 7) is 5.90. The Kier molecular flexibility index (Phi) is 3.87. The molecule has 0 saturated carbocycles. The topological polar surface area (TPSA) is 57.8 Å². The van der Waals surface area contributed by atoms with Gasteiger partial charge >= 0.3 is 0 Å². The fourth-order valence-corrected chi connectivity index (χ4v) is 3.06. The molecule has 0 bridgehead atoms. The van der Waals surface area contributed by atoms with Gasteiger partial charge in [-0.1, -0.05) is 0 Å². The number of carbonyl (C=O) groups excluding carboxylic acids is 1. The Bertz CT molecular complexity index is 576. The highest BCUT2D eigenvalue weighted by Gasteiger charge is 2.16. The number of H-pyrrole nitrogens is 1. The van der Waals surface area contributed by atoms with E-state index in [9.17, 15) is 4.79 Å². The SMILES string of the molecule is Cc1nc(C)c(C(C)NC(=O)c2cc(Br)c[nH]2)s1. The van der Waals surface area contributed by atoms with Gasteiger partial charge in [-0.05, 0) is 42.8 Å². The number of hydrogen-bond acceptors (Lipinski definition) is 3. The average Bonchev–Trinajstić information content (AvgIpc) is 2.84. The molecule has 0 aliphatic carbocycles. The van der Waals surface area contributed by atoms with Crippen molar-refractivity contribution >= 4 is 33.2 Å². The number of aromatic nitrogens is 2. The molecule has 96 valence electrons. The minimum absolute atomic E-state index is 0.0363. The van der Waals surface area contributed by atoms with Gasteiger partial charge in [0.2, 0.25) is 0 Å². The van der Waals surface area contributed by atoms with Crippen molar-refractivity contribution in [3.05, 3.63) is 38.0 Å². The molecule has 6 heteroatoms. The molecule has 0 fully saturated rings. The van der Waals surface area contributed by atoms with Crippen LogP contribution in [0.3, 0.4) is 0 Å². The number of aromatic amines is 1. The van der Waals surface area contributed by atoms with E-state index in [1.807, 2.05) is 20.8 Å². The lowest BCUT2D eigenvalue weighted by Crippen LogP contribution is -2.26. The van der Waals surface area contributed by atoms with Crippen molar-refractivity contribution in [2.75, 3.05) is 0 Å². The van der Waals surface area contributed by atoms with E-state index in [0.29, 0.717) is 5.69 Å². The molecule has 0 aliphatic rings. The molecule has 0 aliphatic heterocycles. The van der Waals surface area contributed by atoms with Crippen LogP contribution in [0.4, 0.5) is 0 Å². The standard InChI is InChI=1S/C12H14BrN3OS/c1-6-11(18-8(3)15-6)7(2)16-12(17)10-4-9(13)5-14-10/h4-5,7,14H,1-3H3,(H,16,17). The van der Waals surface area contributed by atoms with Crippen molar-refractivity contribution in [1.82, 2.24) is 15.3 Å². The quantitative estimate of drug-likeness (QED) is 0.908. The van der Waals surface area contributed by atoms with Gasteiger partial charge in [0.15, 0.2) is 0 Å². The van der Waals surface area contributed by atoms with E-state index >= 15 is 0 Å². The van der Waals surface area contributed by atoms with E-state index in [1.54, 1.807) is 23.6 Å². The number of nitrogens with one attached hydrogen (secondary N) is 2. The second-order valence-electron chi connectivity index (χ2n) is 4.11. The lowest BCUT2D eigenvalue weighted by atomic mass is 10.2. The van der Waals surface area contributed by atoms with E-state index in [2.05, 4.69) is 31.2 Å². The number of rotatable bonds is 3. The molecule has 0 aromatic carbocycles. The molecule has 2 N–H and O–H groups in total. The Balaban J connectivity index is 2.10. The Labute approximate surface area is 118 Å². The summed E-state index contributed by atoms with van der Waals surface area (Å²) in [5, 5.41) is 3.98. The molecular weight excluding hydrogens is 314 g/mol. The molecule has 0 saturated heterocycles. The number of thiazole rings is 1. The van der Waals surface area contributed by atoms with Crippen LogP contribution in [0.5, 0.6) is 0 Å². The summed E-state index contributed by atoms with van der Waals surface area (Å²) in [6.07, 6.45) is 1.74. The lowest BCUT2D eigenvalue weighted by Gasteiger charge is -2.12. The van der Waals surface area contributed by atoms with Gasteiger partial charge in [-0.15, -0.1) is 11.3 Å². The highest BCUT2D eigenvalue weighted by molar-refractivity contribution is 9.10. The highest BCUT2D eigenvalue weighted by Crippen LogP contribution is 2.24. The van der Waals surface area contributed by atoms with Gasteiger partial charge in [0.25, 0.3) is 5.91 Å². The Morgan fingerprint density at radius 2 is 2.28 bits per heavy atom. The Morgan fingerprint density at radius 1 is 1.56 bits per heavy atom. The zero-order chi connectivity index (χ0) is 13.3. The number of hydrogen-bond donors (Lipinski definition) is 2. The predicted octanol–water partition coefficient (Wildman–Crippen LogP) is 3.34. The number of nitrogens with zero attached hydrogens (tertiary/aromatic N) is 1. The van der Waals surface area contributed by atoms with Crippen LogP contribution in [0.2, 0.25) is 0 Å². The molecule has 0 spiro atoms. The zero-order valence-corrected chi connectivity index (χ0v) is 12.8. The van der Waals surface area contributed by atoms with Crippen LogP contribution in [0.1, 0.15) is 39.0 Å². The number of amides is 1. The molecule has 2 rings (SSSR count). The van der Waals surface area contributed by atoms with Crippen molar-refractivity contribution in [3.8, 4) is 0 Å². The molecule has 1 atom stereocenters. The van der Waals surface area contributed by atoms with E-state index in [0.717, 1.165) is 20.1 Å². The van der Waals surface area contributed by atoms with Gasteiger partial charge in [-0.2, -0.15) is 0 Å². The van der Waals surface area contributed by atoms with E-state index in [4.69, 9.17) is 0 Å². The van der Waals surface area contributed by atoms with Gasteiger partial charge < -0.3 is 10.3 Å². The van der Waals surface area contributed by atoms with E-state index in [1.165, 1.54) is 0 Å². The molecule has 18 heavy (non-hydrogen) atoms. The molecule has 0 radical (unpaired) electrons. The highest BCUT2D eigenvalue weighted by atomic mass is 79.9. The normalized spacial score (nSPS) is 12.4. The molecule has 1 amide bonds. The average molecular weight is 328 g/mol. The number of carbonyl (C=O) groups is 1. The maximum Gasteiger partial charge on any atom is 0.268 e. The maximum atomic E-state index is 12.0. The first kappa shape index (κ1) is 13.3. The van der Waals surface area contributed by atoms with Crippen LogP contribution < -0.4 is 5.32 Å². The van der Waals surface area contributed by atoms with Crippen molar-refractivity contribution in [2.45, 2.75) is 26.8 Å². The zero-order valence-electron chi connectivity index (χ0n) is 10.4. The number of aryl methyl sites for hydroxylation is 2. The summed E-state index contributed by atoms with van der Waals surface area (Å²) >= 11 is 4.93. The first-order valence-electron chi connectivity index (χ1n) is 5.56. The monoisotopic (exact) mass is 327 g/mol. The fraction of sp³-hybridized carbons (Fsp3) is 0.333. The second-order valence-corrected chi connectivity index (χ2v) is 6.26. The van der Waals surface area contributed by atoms with Gasteiger partial charge in [0, 0.05) is 15.5 Å². The first-order chi connectivity index (χ1) is 8.47. The summed E-state index contributed by atoms with van der Waals surface area (Å²) in [7, 11) is 0. The van der Waals surface area contributed by atoms with E-state index in [-0.39, 0.29) is 11.9 Å². The van der Waals surface area contributed by atoms with Crippen molar-refractivity contribution in [1.29, 1.82) is 0 Å². The third-order valence-electron chi connectivity index (χ3n) is 2.57. The lowest BCUT2D eigenvalue weighted by molar-refractivity contribution is 0.0936. The van der Waals surface area contributed by atoms with Crippen molar-refractivity contribution in [3.63, 3.8) is 0 Å². The predicted molar refractivity (Wildman–Crippen MR) is 76.0 cm³/mol. The minimum atomic E-state index is -0.112. The second kappa shape index (κ2) is 5.24. The third-order valence-corrected chi connectivity index (χ3v) is 4.29. The van der Waals surface area contributed by atoms with E-state index < -0.39 is 0 Å². The smallest absolute Gasteiger partial charge is 0.268 e. The molecule has 2 aromatic rings. The maximum absolute atomic E-state index is 12.0. The van der Waals surface area contributed by atoms with Gasteiger partial charge in [-0.3, -0.25) is 4.79 Å². The van der Waals surface area contributed by atoms with Crippen molar-refractivity contribution < 1.29 is 4.79 Å². The van der Waals surface area contributed by atoms with Crippen LogP contribution in [0.15, 0.2) is 16.7 Å². The van der Waals surface area contributed by atoms with Gasteiger partial charge in [0.05, 0.1) is 16.7 Å². The molecular formula is C12H14BrN3OS. The molecule has 1 unspecified atom stereocenters. The first-order valence-corrected chi connectivity index (χ1v) is 7.17. The Morgan fingerprint density at radius 3 is 2.78 bits per heavy atom. The van der Waals surface area contributed by atoms with Crippen LogP contribution in [0, 0.1) is 13.8 Å². The van der Waals surface area contributed by atoms with Crippen molar-refractivity contribution in [2.24, 2.45) is 0 Å². The molecule has 2 aromatic heterocycles. The largest absolute Gasteiger partial charge is 0.356 e. The van der Waals surface area contributed by atoms with Gasteiger partial charge in [0.1, 0.15) is 5.69 Å². The third kappa shape index (κ3) is 2.81.